The average molecular weight is 459 g/mol. The molecule has 0 aromatic heterocycles. The lowest BCUT2D eigenvalue weighted by Gasteiger charge is -2.28. The summed E-state index contributed by atoms with van der Waals surface area (Å²) < 4.78 is 5.38. The van der Waals surface area contributed by atoms with Gasteiger partial charge in [-0.15, -0.1) is 0 Å². The molecule has 0 fully saturated rings. The monoisotopic (exact) mass is 458 g/mol. The van der Waals surface area contributed by atoms with Gasteiger partial charge in [-0.1, -0.05) is 63.3 Å². The lowest BCUT2D eigenvalue weighted by atomic mass is 9.76. The number of ketones is 2. The Hall–Kier alpha value is -1.71. The van der Waals surface area contributed by atoms with Crippen LogP contribution >= 0.6 is 0 Å². The van der Waals surface area contributed by atoms with E-state index in [1.807, 2.05) is 0 Å². The van der Waals surface area contributed by atoms with Gasteiger partial charge in [-0.25, -0.2) is 0 Å². The number of hydrogen-bond donors (Lipinski definition) is 0. The molecule has 0 N–H and O–H groups in total. The van der Waals surface area contributed by atoms with E-state index in [-0.39, 0.29) is 30.0 Å². The van der Waals surface area contributed by atoms with Crippen molar-refractivity contribution in [3.05, 3.63) is 23.3 Å². The lowest BCUT2D eigenvalue weighted by Crippen LogP contribution is -2.28. The second-order valence-electron chi connectivity index (χ2n) is 11.0. The van der Waals surface area contributed by atoms with Crippen LogP contribution in [0.25, 0.3) is 0 Å². The molecule has 0 aromatic rings. The molecule has 2 aliphatic carbocycles. The quantitative estimate of drug-likeness (QED) is 0.317. The molecule has 4 heteroatoms. The molecule has 0 aliphatic heterocycles. The Morgan fingerprint density at radius 3 is 2.33 bits per heavy atom. The largest absolute Gasteiger partial charge is 0.462 e. The molecule has 0 saturated carbocycles. The first-order chi connectivity index (χ1) is 15.6. The van der Waals surface area contributed by atoms with E-state index in [1.54, 1.807) is 0 Å². The van der Waals surface area contributed by atoms with Gasteiger partial charge in [0.05, 0.1) is 0 Å². The van der Waals surface area contributed by atoms with Crippen LogP contribution in [0, 0.1) is 29.6 Å². The Morgan fingerprint density at radius 1 is 0.970 bits per heavy atom. The van der Waals surface area contributed by atoms with Crippen LogP contribution in [-0.4, -0.2) is 23.6 Å². The smallest absolute Gasteiger partial charge is 0.302 e. The summed E-state index contributed by atoms with van der Waals surface area (Å²) in [4.78, 5) is 37.5. The zero-order chi connectivity index (χ0) is 24.5. The van der Waals surface area contributed by atoms with E-state index < -0.39 is 6.10 Å². The van der Waals surface area contributed by atoms with Crippen molar-refractivity contribution in [1.29, 1.82) is 0 Å². The van der Waals surface area contributed by atoms with E-state index >= 15 is 0 Å². The predicted octanol–water partition coefficient (Wildman–Crippen LogP) is 7.02. The standard InChI is InChI=1S/C29H46O4/c1-19(2)8-7-9-20(3)26-16-17-29(32)28-15-12-24(31)18-25(33-23(6)30)13-10-22(5)27(28)14-11-21(26)4/h10-11,19-20,25-28H,7-9,12-18H2,1-6H3/b21-11+,22-10+/t20-,25+,26-,27-,28-/m1/s1. The van der Waals surface area contributed by atoms with Gasteiger partial charge in [0.15, 0.2) is 0 Å². The van der Waals surface area contributed by atoms with Gasteiger partial charge in [0, 0.05) is 38.5 Å². The summed E-state index contributed by atoms with van der Waals surface area (Å²) in [6.45, 7) is 12.6. The number of fused-ring (bicyclic) bond motifs is 1. The highest BCUT2D eigenvalue weighted by Crippen LogP contribution is 2.38. The van der Waals surface area contributed by atoms with Crippen molar-refractivity contribution in [3.63, 3.8) is 0 Å². The third-order valence-electron chi connectivity index (χ3n) is 7.82. The van der Waals surface area contributed by atoms with Crippen molar-refractivity contribution in [1.82, 2.24) is 0 Å². The van der Waals surface area contributed by atoms with Crippen molar-refractivity contribution in [2.45, 2.75) is 112 Å². The van der Waals surface area contributed by atoms with Crippen molar-refractivity contribution >= 4 is 17.5 Å². The molecule has 0 amide bonds. The molecule has 2 aliphatic rings. The van der Waals surface area contributed by atoms with E-state index in [0.717, 1.165) is 18.8 Å². The van der Waals surface area contributed by atoms with Crippen LogP contribution < -0.4 is 0 Å². The summed E-state index contributed by atoms with van der Waals surface area (Å²) in [5.74, 6) is 1.84. The van der Waals surface area contributed by atoms with Crippen LogP contribution in [0.3, 0.4) is 0 Å². The van der Waals surface area contributed by atoms with Gasteiger partial charge in [-0.3, -0.25) is 14.4 Å². The fourth-order valence-corrected chi connectivity index (χ4v) is 5.76. The molecule has 0 heterocycles. The van der Waals surface area contributed by atoms with Crippen LogP contribution in [0.1, 0.15) is 106 Å². The Balaban J connectivity index is 2.23. The first-order valence-corrected chi connectivity index (χ1v) is 13.1. The van der Waals surface area contributed by atoms with Gasteiger partial charge >= 0.3 is 5.97 Å². The number of Topliss-reactive ketones (excluding diaryl/α,β-unsaturated/α-hetero) is 2. The van der Waals surface area contributed by atoms with Gasteiger partial charge in [-0.05, 0) is 56.8 Å². The number of ether oxygens (including phenoxy) is 1. The Kier molecular flexibility index (Phi) is 11.1. The summed E-state index contributed by atoms with van der Waals surface area (Å²) in [7, 11) is 0. The molecule has 0 bridgehead atoms. The third kappa shape index (κ3) is 8.87. The SMILES string of the molecule is CC(=O)O[C@H]1C/C=C(\C)[C@H]2C/C=C(\C)[C@@H]([C@H](C)CCCC(C)C)CCC(=O)[C@@H]2CCC(=O)C1. The van der Waals surface area contributed by atoms with Gasteiger partial charge in [-0.2, -0.15) is 0 Å². The lowest BCUT2D eigenvalue weighted by molar-refractivity contribution is -0.147. The second-order valence-corrected chi connectivity index (χ2v) is 11.0. The number of esters is 1. The minimum absolute atomic E-state index is 0.0870. The molecule has 0 saturated heterocycles. The summed E-state index contributed by atoms with van der Waals surface area (Å²) in [6.07, 6.45) is 11.9. The van der Waals surface area contributed by atoms with E-state index in [1.165, 1.54) is 37.3 Å². The summed E-state index contributed by atoms with van der Waals surface area (Å²) in [5.41, 5.74) is 2.60. The Morgan fingerprint density at radius 2 is 1.67 bits per heavy atom. The highest BCUT2D eigenvalue weighted by molar-refractivity contribution is 5.84. The van der Waals surface area contributed by atoms with Crippen LogP contribution in [-0.2, 0) is 19.1 Å². The van der Waals surface area contributed by atoms with Gasteiger partial charge in [0.1, 0.15) is 17.7 Å². The second kappa shape index (κ2) is 13.2. The molecule has 0 unspecified atom stereocenters. The van der Waals surface area contributed by atoms with E-state index in [9.17, 15) is 14.4 Å². The van der Waals surface area contributed by atoms with Gasteiger partial charge in [0.25, 0.3) is 0 Å². The number of carbonyl (C=O) groups excluding carboxylic acids is 3. The highest BCUT2D eigenvalue weighted by Gasteiger charge is 2.33. The molecule has 0 radical (unpaired) electrons. The minimum Gasteiger partial charge on any atom is -0.462 e. The fraction of sp³-hybridized carbons (Fsp3) is 0.759. The highest BCUT2D eigenvalue weighted by atomic mass is 16.5. The maximum atomic E-state index is 13.4. The minimum atomic E-state index is -0.401. The molecule has 0 aromatic carbocycles. The molecular formula is C29H46O4. The van der Waals surface area contributed by atoms with E-state index in [0.29, 0.717) is 43.3 Å². The van der Waals surface area contributed by atoms with E-state index in [2.05, 4.69) is 46.8 Å². The number of allylic oxidation sites excluding steroid dienone is 3. The van der Waals surface area contributed by atoms with Crippen LogP contribution in [0.15, 0.2) is 23.3 Å². The molecule has 186 valence electrons. The Labute approximate surface area is 201 Å². The Bertz CT molecular complexity index is 745. The van der Waals surface area contributed by atoms with Gasteiger partial charge < -0.3 is 4.74 Å². The molecule has 4 nitrogen and oxygen atoms in total. The predicted molar refractivity (Wildman–Crippen MR) is 134 cm³/mol. The van der Waals surface area contributed by atoms with Crippen molar-refractivity contribution in [3.8, 4) is 0 Å². The van der Waals surface area contributed by atoms with Crippen molar-refractivity contribution in [2.75, 3.05) is 0 Å². The average Bonchev–Trinajstić information content (AvgIpc) is 2.78. The molecule has 2 rings (SSSR count). The first-order valence-electron chi connectivity index (χ1n) is 13.1. The number of hydrogen-bond acceptors (Lipinski definition) is 4. The van der Waals surface area contributed by atoms with Crippen LogP contribution in [0.4, 0.5) is 0 Å². The molecule has 0 spiro atoms. The molecular weight excluding hydrogens is 412 g/mol. The maximum Gasteiger partial charge on any atom is 0.302 e. The van der Waals surface area contributed by atoms with Crippen LogP contribution in [0.2, 0.25) is 0 Å². The molecule has 33 heavy (non-hydrogen) atoms. The normalized spacial score (nSPS) is 31.7. The van der Waals surface area contributed by atoms with Crippen molar-refractivity contribution in [2.24, 2.45) is 29.6 Å². The molecule has 5 atom stereocenters. The first kappa shape index (κ1) is 27.5. The fourth-order valence-electron chi connectivity index (χ4n) is 5.76. The van der Waals surface area contributed by atoms with Crippen LogP contribution in [0.5, 0.6) is 0 Å². The summed E-state index contributed by atoms with van der Waals surface area (Å²) >= 11 is 0. The van der Waals surface area contributed by atoms with Crippen molar-refractivity contribution < 1.29 is 19.1 Å². The summed E-state index contributed by atoms with van der Waals surface area (Å²) in [5, 5.41) is 0. The zero-order valence-electron chi connectivity index (χ0n) is 21.8. The van der Waals surface area contributed by atoms with Gasteiger partial charge in [0.2, 0.25) is 0 Å². The maximum absolute atomic E-state index is 13.4. The number of rotatable bonds is 6. The third-order valence-corrected chi connectivity index (χ3v) is 7.82. The van der Waals surface area contributed by atoms with E-state index in [4.69, 9.17) is 4.74 Å². The topological polar surface area (TPSA) is 60.4 Å². The summed E-state index contributed by atoms with van der Waals surface area (Å²) in [6, 6.07) is 0. The number of carbonyl (C=O) groups is 3. The zero-order valence-corrected chi connectivity index (χ0v) is 21.8.